The summed E-state index contributed by atoms with van der Waals surface area (Å²) in [7, 11) is 0. The van der Waals surface area contributed by atoms with Gasteiger partial charge in [-0.3, -0.25) is 4.79 Å². The van der Waals surface area contributed by atoms with Crippen molar-refractivity contribution >= 4 is 5.91 Å². The van der Waals surface area contributed by atoms with Gasteiger partial charge < -0.3 is 10.6 Å². The molecule has 2 rings (SSSR count). The fraction of sp³-hybridized carbons (Fsp3) is 0.533. The highest BCUT2D eigenvalue weighted by molar-refractivity contribution is 5.87. The van der Waals surface area contributed by atoms with Gasteiger partial charge in [0.1, 0.15) is 0 Å². The molecule has 0 bridgehead atoms. The average molecular weight is 246 g/mol. The van der Waals surface area contributed by atoms with E-state index in [1.54, 1.807) is 0 Å². The first-order chi connectivity index (χ1) is 8.55. The molecule has 0 aliphatic carbocycles. The summed E-state index contributed by atoms with van der Waals surface area (Å²) >= 11 is 0. The molecule has 0 aromatic heterocycles. The highest BCUT2D eigenvalue weighted by Gasteiger charge is 2.36. The summed E-state index contributed by atoms with van der Waals surface area (Å²) in [5, 5.41) is 0. The molecule has 0 saturated carbocycles. The lowest BCUT2D eigenvalue weighted by molar-refractivity contribution is -0.135. The van der Waals surface area contributed by atoms with E-state index in [0.717, 1.165) is 25.1 Å². The fourth-order valence-electron chi connectivity index (χ4n) is 2.58. The van der Waals surface area contributed by atoms with Gasteiger partial charge in [-0.15, -0.1) is 0 Å². The maximum atomic E-state index is 12.6. The van der Waals surface area contributed by atoms with Crippen molar-refractivity contribution in [1.82, 2.24) is 4.90 Å². The SMILES string of the molecule is CC(C)(C(=O)N1CCC(CN)C1)c1ccccc1. The molecule has 1 heterocycles. The maximum absolute atomic E-state index is 12.6. The van der Waals surface area contributed by atoms with Crippen LogP contribution in [0, 0.1) is 5.92 Å². The number of benzene rings is 1. The number of nitrogens with zero attached hydrogens (tertiary/aromatic N) is 1. The maximum Gasteiger partial charge on any atom is 0.232 e. The first-order valence-electron chi connectivity index (χ1n) is 6.60. The number of carbonyl (C=O) groups is 1. The lowest BCUT2D eigenvalue weighted by Gasteiger charge is -2.29. The van der Waals surface area contributed by atoms with Gasteiger partial charge in [0.15, 0.2) is 0 Å². The molecular weight excluding hydrogens is 224 g/mol. The molecule has 1 unspecified atom stereocenters. The lowest BCUT2D eigenvalue weighted by atomic mass is 9.83. The van der Waals surface area contributed by atoms with Crippen molar-refractivity contribution in [2.24, 2.45) is 11.7 Å². The van der Waals surface area contributed by atoms with Gasteiger partial charge in [0.25, 0.3) is 0 Å². The van der Waals surface area contributed by atoms with Crippen molar-refractivity contribution in [3.8, 4) is 0 Å². The zero-order chi connectivity index (χ0) is 13.2. The Hall–Kier alpha value is -1.35. The summed E-state index contributed by atoms with van der Waals surface area (Å²) in [6, 6.07) is 9.99. The molecule has 1 aromatic rings. The van der Waals surface area contributed by atoms with Crippen molar-refractivity contribution in [1.29, 1.82) is 0 Å². The van der Waals surface area contributed by atoms with Crippen molar-refractivity contribution in [3.63, 3.8) is 0 Å². The van der Waals surface area contributed by atoms with E-state index in [-0.39, 0.29) is 5.91 Å². The average Bonchev–Trinajstić information content (AvgIpc) is 2.87. The van der Waals surface area contributed by atoms with E-state index in [4.69, 9.17) is 5.73 Å². The van der Waals surface area contributed by atoms with Crippen molar-refractivity contribution in [2.75, 3.05) is 19.6 Å². The highest BCUT2D eigenvalue weighted by atomic mass is 16.2. The summed E-state index contributed by atoms with van der Waals surface area (Å²) in [4.78, 5) is 14.6. The van der Waals surface area contributed by atoms with Crippen LogP contribution in [0.15, 0.2) is 30.3 Å². The number of hydrogen-bond donors (Lipinski definition) is 1. The van der Waals surface area contributed by atoms with Crippen LogP contribution in [0.4, 0.5) is 0 Å². The van der Waals surface area contributed by atoms with Crippen LogP contribution in [0.5, 0.6) is 0 Å². The second kappa shape index (κ2) is 5.11. The lowest BCUT2D eigenvalue weighted by Crippen LogP contribution is -2.42. The van der Waals surface area contributed by atoms with Crippen LogP contribution in [-0.2, 0) is 10.2 Å². The van der Waals surface area contributed by atoms with E-state index in [9.17, 15) is 4.79 Å². The Kier molecular flexibility index (Phi) is 3.71. The Labute approximate surface area is 109 Å². The molecule has 1 aromatic carbocycles. The molecule has 1 aliphatic heterocycles. The zero-order valence-electron chi connectivity index (χ0n) is 11.2. The molecule has 18 heavy (non-hydrogen) atoms. The molecule has 1 saturated heterocycles. The molecular formula is C15H22N2O. The summed E-state index contributed by atoms with van der Waals surface area (Å²) in [5.74, 6) is 0.685. The van der Waals surface area contributed by atoms with E-state index >= 15 is 0 Å². The number of likely N-dealkylation sites (tertiary alicyclic amines) is 1. The minimum Gasteiger partial charge on any atom is -0.342 e. The molecule has 3 nitrogen and oxygen atoms in total. The largest absolute Gasteiger partial charge is 0.342 e. The number of amides is 1. The van der Waals surface area contributed by atoms with Gasteiger partial charge in [-0.25, -0.2) is 0 Å². The van der Waals surface area contributed by atoms with Crippen LogP contribution in [0.25, 0.3) is 0 Å². The normalized spacial score (nSPS) is 20.2. The van der Waals surface area contributed by atoms with Gasteiger partial charge in [0.2, 0.25) is 5.91 Å². The molecule has 0 radical (unpaired) electrons. The quantitative estimate of drug-likeness (QED) is 0.883. The van der Waals surface area contributed by atoms with E-state index < -0.39 is 5.41 Å². The van der Waals surface area contributed by atoms with Gasteiger partial charge in [0, 0.05) is 13.1 Å². The van der Waals surface area contributed by atoms with Gasteiger partial charge in [-0.05, 0) is 38.3 Å². The predicted molar refractivity (Wildman–Crippen MR) is 73.2 cm³/mol. The second-order valence-electron chi connectivity index (χ2n) is 5.63. The highest BCUT2D eigenvalue weighted by Crippen LogP contribution is 2.28. The molecule has 1 atom stereocenters. The number of carbonyl (C=O) groups excluding carboxylic acids is 1. The Morgan fingerprint density at radius 2 is 2.06 bits per heavy atom. The summed E-state index contributed by atoms with van der Waals surface area (Å²) in [6.07, 6.45) is 1.03. The molecule has 1 aliphatic rings. The Morgan fingerprint density at radius 1 is 1.39 bits per heavy atom. The van der Waals surface area contributed by atoms with Crippen LogP contribution in [0.2, 0.25) is 0 Å². The molecule has 1 amide bonds. The summed E-state index contributed by atoms with van der Waals surface area (Å²) in [5.41, 5.74) is 6.30. The van der Waals surface area contributed by atoms with Crippen LogP contribution in [0.3, 0.4) is 0 Å². The Bertz CT molecular complexity index is 414. The van der Waals surface area contributed by atoms with Crippen LogP contribution >= 0.6 is 0 Å². The topological polar surface area (TPSA) is 46.3 Å². The first kappa shape index (κ1) is 13.1. The third-order valence-corrected chi connectivity index (χ3v) is 3.94. The number of nitrogens with two attached hydrogens (primary N) is 1. The summed E-state index contributed by atoms with van der Waals surface area (Å²) < 4.78 is 0. The molecule has 98 valence electrons. The molecule has 0 spiro atoms. The monoisotopic (exact) mass is 246 g/mol. The minimum atomic E-state index is -0.454. The van der Waals surface area contributed by atoms with Gasteiger partial charge >= 0.3 is 0 Å². The zero-order valence-corrected chi connectivity index (χ0v) is 11.2. The Morgan fingerprint density at radius 3 is 2.61 bits per heavy atom. The van der Waals surface area contributed by atoms with E-state index in [0.29, 0.717) is 12.5 Å². The van der Waals surface area contributed by atoms with Gasteiger partial charge in [-0.2, -0.15) is 0 Å². The molecule has 2 N–H and O–H groups in total. The van der Waals surface area contributed by atoms with E-state index in [1.165, 1.54) is 0 Å². The number of hydrogen-bond acceptors (Lipinski definition) is 2. The fourth-order valence-corrected chi connectivity index (χ4v) is 2.58. The van der Waals surface area contributed by atoms with Gasteiger partial charge in [0.05, 0.1) is 5.41 Å². The predicted octanol–water partition coefficient (Wildman–Crippen LogP) is 1.77. The molecule has 3 heteroatoms. The molecule has 1 fully saturated rings. The van der Waals surface area contributed by atoms with Crippen LogP contribution < -0.4 is 5.73 Å². The van der Waals surface area contributed by atoms with Crippen LogP contribution in [0.1, 0.15) is 25.8 Å². The first-order valence-corrected chi connectivity index (χ1v) is 6.60. The third-order valence-electron chi connectivity index (χ3n) is 3.94. The summed E-state index contributed by atoms with van der Waals surface area (Å²) in [6.45, 7) is 6.33. The van der Waals surface area contributed by atoms with Crippen molar-refractivity contribution < 1.29 is 4.79 Å². The minimum absolute atomic E-state index is 0.213. The van der Waals surface area contributed by atoms with Gasteiger partial charge in [-0.1, -0.05) is 30.3 Å². The third kappa shape index (κ3) is 2.41. The van der Waals surface area contributed by atoms with E-state index in [2.05, 4.69) is 0 Å². The second-order valence-corrected chi connectivity index (χ2v) is 5.63. The smallest absolute Gasteiger partial charge is 0.232 e. The van der Waals surface area contributed by atoms with Crippen molar-refractivity contribution in [3.05, 3.63) is 35.9 Å². The number of rotatable bonds is 3. The van der Waals surface area contributed by atoms with Crippen LogP contribution in [-0.4, -0.2) is 30.4 Å². The van der Waals surface area contributed by atoms with E-state index in [1.807, 2.05) is 49.1 Å². The Balaban J connectivity index is 2.13. The standard InChI is InChI=1S/C15H22N2O/c1-15(2,13-6-4-3-5-7-13)14(18)17-9-8-12(10-16)11-17/h3-7,12H,8-11,16H2,1-2H3. The van der Waals surface area contributed by atoms with Crippen molar-refractivity contribution in [2.45, 2.75) is 25.7 Å².